The van der Waals surface area contributed by atoms with E-state index >= 15 is 0 Å². The van der Waals surface area contributed by atoms with Gasteiger partial charge in [0.25, 0.3) is 0 Å². The molecule has 0 heterocycles. The Morgan fingerprint density at radius 2 is 1.77 bits per heavy atom. The quantitative estimate of drug-likeness (QED) is 0.577. The minimum absolute atomic E-state index is 0.428. The number of halogens is 3. The van der Waals surface area contributed by atoms with Crippen molar-refractivity contribution in [3.05, 3.63) is 32.8 Å². The highest BCUT2D eigenvalue weighted by Gasteiger charge is 2.05. The molecule has 0 unspecified atom stereocenters. The largest absolute Gasteiger partial charge is 0.185 e. The van der Waals surface area contributed by atoms with Crippen LogP contribution < -0.4 is 0 Å². The molecule has 0 amide bonds. The molecular weight excluding hydrogens is 249 g/mol. The van der Waals surface area contributed by atoms with Crippen LogP contribution in [0.4, 0.5) is 0 Å². The van der Waals surface area contributed by atoms with E-state index in [1.165, 1.54) is 0 Å². The van der Waals surface area contributed by atoms with Gasteiger partial charge in [0.1, 0.15) is 5.40 Å². The predicted octanol–water partition coefficient (Wildman–Crippen LogP) is 4.36. The molecule has 0 aliphatic heterocycles. The Balaban J connectivity index is 2.96. The van der Waals surface area contributed by atoms with E-state index < -0.39 is 0 Å². The van der Waals surface area contributed by atoms with Gasteiger partial charge in [-0.3, -0.25) is 0 Å². The molecule has 13 heavy (non-hydrogen) atoms. The van der Waals surface area contributed by atoms with Crippen molar-refractivity contribution in [2.75, 3.05) is 0 Å². The highest BCUT2D eigenvalue weighted by atomic mass is 35.5. The molecule has 68 valence electrons. The van der Waals surface area contributed by atoms with E-state index in [0.717, 1.165) is 17.3 Å². The fraction of sp³-hybridized carbons (Fsp3) is 0.125. The summed E-state index contributed by atoms with van der Waals surface area (Å²) in [4.78, 5) is 0. The van der Waals surface area contributed by atoms with Gasteiger partial charge in [-0.05, 0) is 29.5 Å². The van der Waals surface area contributed by atoms with Crippen LogP contribution in [-0.2, 0) is 5.75 Å². The first-order chi connectivity index (χ1) is 6.15. The lowest BCUT2D eigenvalue weighted by Gasteiger charge is -2.03. The molecule has 0 spiro atoms. The third-order valence-corrected chi connectivity index (χ3v) is 3.04. The Bertz CT molecular complexity index is 359. The summed E-state index contributed by atoms with van der Waals surface area (Å²) in [7, 11) is 0. The van der Waals surface area contributed by atoms with Gasteiger partial charge >= 0.3 is 0 Å². The van der Waals surface area contributed by atoms with Crippen LogP contribution >= 0.6 is 46.6 Å². The molecule has 0 N–H and O–H groups in total. The molecule has 0 aliphatic carbocycles. The first-order valence-electron chi connectivity index (χ1n) is 3.29. The fourth-order valence-corrected chi connectivity index (χ4v) is 1.96. The average Bonchev–Trinajstić information content (AvgIpc) is 2.09. The second-order valence-corrected chi connectivity index (χ2v) is 4.22. The number of hydrogen-bond donors (Lipinski definition) is 0. The lowest BCUT2D eigenvalue weighted by molar-refractivity contribution is 1.42. The lowest BCUT2D eigenvalue weighted by atomic mass is 10.2. The van der Waals surface area contributed by atoms with Crippen molar-refractivity contribution in [1.29, 1.82) is 5.26 Å². The Morgan fingerprint density at radius 1 is 1.15 bits per heavy atom. The van der Waals surface area contributed by atoms with Crippen LogP contribution in [0.5, 0.6) is 0 Å². The molecule has 0 saturated carbocycles. The fourth-order valence-electron chi connectivity index (χ4n) is 0.784. The van der Waals surface area contributed by atoms with Crippen LogP contribution in [-0.4, -0.2) is 0 Å². The topological polar surface area (TPSA) is 23.8 Å². The van der Waals surface area contributed by atoms with Crippen molar-refractivity contribution in [1.82, 2.24) is 0 Å². The molecule has 0 atom stereocenters. The number of thiocyanates is 1. The summed E-state index contributed by atoms with van der Waals surface area (Å²) in [5.74, 6) is 0.520. The summed E-state index contributed by atoms with van der Waals surface area (Å²) < 4.78 is 0. The summed E-state index contributed by atoms with van der Waals surface area (Å²) in [6.45, 7) is 0. The molecule has 1 rings (SSSR count). The van der Waals surface area contributed by atoms with Crippen molar-refractivity contribution < 1.29 is 0 Å². The molecule has 0 bridgehead atoms. The summed E-state index contributed by atoms with van der Waals surface area (Å²) in [6, 6.07) is 3.26. The summed E-state index contributed by atoms with van der Waals surface area (Å²) in [5.41, 5.74) is 0.822. The number of nitrogens with zero attached hydrogens (tertiary/aromatic N) is 1. The summed E-state index contributed by atoms with van der Waals surface area (Å²) in [5, 5.41) is 11.7. The second kappa shape index (κ2) is 4.97. The molecule has 1 nitrogen and oxygen atoms in total. The van der Waals surface area contributed by atoms with Crippen molar-refractivity contribution >= 4 is 46.6 Å². The maximum Gasteiger partial charge on any atom is 0.133 e. The third kappa shape index (κ3) is 2.96. The van der Waals surface area contributed by atoms with Crippen LogP contribution in [0.25, 0.3) is 0 Å². The first-order valence-corrected chi connectivity index (χ1v) is 5.41. The Morgan fingerprint density at radius 3 is 2.38 bits per heavy atom. The van der Waals surface area contributed by atoms with Gasteiger partial charge in [0.15, 0.2) is 0 Å². The minimum atomic E-state index is 0.428. The molecule has 0 aliphatic rings. The Kier molecular flexibility index (Phi) is 4.21. The highest BCUT2D eigenvalue weighted by molar-refractivity contribution is 8.02. The van der Waals surface area contributed by atoms with Crippen LogP contribution in [0.1, 0.15) is 5.56 Å². The molecule has 5 heteroatoms. The van der Waals surface area contributed by atoms with E-state index in [-0.39, 0.29) is 0 Å². The zero-order chi connectivity index (χ0) is 9.84. The van der Waals surface area contributed by atoms with Gasteiger partial charge in [0.2, 0.25) is 0 Å². The smallest absolute Gasteiger partial charge is 0.133 e. The monoisotopic (exact) mass is 251 g/mol. The van der Waals surface area contributed by atoms with Gasteiger partial charge in [0, 0.05) is 10.8 Å². The number of rotatable bonds is 2. The van der Waals surface area contributed by atoms with Crippen molar-refractivity contribution in [3.63, 3.8) is 0 Å². The van der Waals surface area contributed by atoms with E-state index in [9.17, 15) is 0 Å². The van der Waals surface area contributed by atoms with Gasteiger partial charge < -0.3 is 0 Å². The molecule has 0 saturated heterocycles. The van der Waals surface area contributed by atoms with E-state index in [1.807, 2.05) is 5.40 Å². The van der Waals surface area contributed by atoms with E-state index in [0.29, 0.717) is 20.8 Å². The summed E-state index contributed by atoms with van der Waals surface area (Å²) in [6.07, 6.45) is 0. The maximum absolute atomic E-state index is 8.35. The van der Waals surface area contributed by atoms with Crippen molar-refractivity contribution in [2.45, 2.75) is 5.75 Å². The predicted molar refractivity (Wildman–Crippen MR) is 58.4 cm³/mol. The van der Waals surface area contributed by atoms with Crippen LogP contribution in [0.15, 0.2) is 12.1 Å². The number of nitriles is 1. The van der Waals surface area contributed by atoms with Crippen LogP contribution in [0.3, 0.4) is 0 Å². The van der Waals surface area contributed by atoms with Crippen LogP contribution in [0.2, 0.25) is 15.1 Å². The number of thioether (sulfide) groups is 1. The van der Waals surface area contributed by atoms with Gasteiger partial charge in [0.05, 0.1) is 10.0 Å². The molecular formula is C8H4Cl3NS. The van der Waals surface area contributed by atoms with Crippen molar-refractivity contribution in [2.24, 2.45) is 0 Å². The Hall–Kier alpha value is -0.0700. The molecule has 0 radical (unpaired) electrons. The third-order valence-electron chi connectivity index (χ3n) is 1.38. The minimum Gasteiger partial charge on any atom is -0.185 e. The molecule has 1 aromatic rings. The SMILES string of the molecule is N#CSCc1cc(Cl)c(Cl)cc1Cl. The zero-order valence-corrected chi connectivity index (χ0v) is 9.44. The Labute approximate surface area is 95.6 Å². The van der Waals surface area contributed by atoms with E-state index in [2.05, 4.69) is 0 Å². The summed E-state index contributed by atoms with van der Waals surface area (Å²) >= 11 is 18.5. The lowest BCUT2D eigenvalue weighted by Crippen LogP contribution is -1.82. The van der Waals surface area contributed by atoms with Gasteiger partial charge in [-0.2, -0.15) is 5.26 Å². The molecule has 1 aromatic carbocycles. The zero-order valence-electron chi connectivity index (χ0n) is 6.35. The van der Waals surface area contributed by atoms with Crippen molar-refractivity contribution in [3.8, 4) is 5.40 Å². The number of hydrogen-bond acceptors (Lipinski definition) is 2. The second-order valence-electron chi connectivity index (χ2n) is 2.24. The molecule has 0 aromatic heterocycles. The van der Waals surface area contributed by atoms with Gasteiger partial charge in [-0.15, -0.1) is 0 Å². The number of benzene rings is 1. The van der Waals surface area contributed by atoms with Gasteiger partial charge in [-0.1, -0.05) is 34.8 Å². The first kappa shape index (κ1) is 11.0. The average molecular weight is 253 g/mol. The van der Waals surface area contributed by atoms with E-state index in [4.69, 9.17) is 40.1 Å². The normalized spacial score (nSPS) is 9.69. The van der Waals surface area contributed by atoms with Gasteiger partial charge in [-0.25, -0.2) is 0 Å². The van der Waals surface area contributed by atoms with E-state index in [1.54, 1.807) is 12.1 Å². The maximum atomic E-state index is 8.35. The van der Waals surface area contributed by atoms with Crippen LogP contribution in [0, 0.1) is 10.7 Å². The highest BCUT2D eigenvalue weighted by Crippen LogP contribution is 2.30. The standard InChI is InChI=1S/C8H4Cl3NS/c9-6-2-8(11)7(10)1-5(6)3-13-4-12/h1-2H,3H2. The molecule has 0 fully saturated rings.